The van der Waals surface area contributed by atoms with Crippen molar-refractivity contribution in [1.82, 2.24) is 0 Å². The van der Waals surface area contributed by atoms with Gasteiger partial charge < -0.3 is 4.74 Å². The molecule has 1 rings (SSSR count). The summed E-state index contributed by atoms with van der Waals surface area (Å²) in [4.78, 5) is 11.1. The zero-order chi connectivity index (χ0) is 14.1. The van der Waals surface area contributed by atoms with Crippen LogP contribution in [0, 0.1) is 6.92 Å². The van der Waals surface area contributed by atoms with Crippen LogP contribution in [-0.4, -0.2) is 12.6 Å². The minimum Gasteiger partial charge on any atom is -0.462 e. The molecular formula is C17H24O2. The van der Waals surface area contributed by atoms with Crippen LogP contribution in [0.15, 0.2) is 36.4 Å². The van der Waals surface area contributed by atoms with Crippen molar-refractivity contribution in [1.29, 1.82) is 0 Å². The monoisotopic (exact) mass is 260 g/mol. The van der Waals surface area contributed by atoms with Gasteiger partial charge in [-0.25, -0.2) is 4.79 Å². The predicted octanol–water partition coefficient (Wildman–Crippen LogP) is 4.22. The first-order chi connectivity index (χ1) is 9.09. The zero-order valence-electron chi connectivity index (χ0n) is 12.1. The van der Waals surface area contributed by atoms with Gasteiger partial charge in [0.1, 0.15) is 0 Å². The van der Waals surface area contributed by atoms with E-state index in [0.717, 1.165) is 19.3 Å². The molecule has 0 saturated carbocycles. The quantitative estimate of drug-likeness (QED) is 0.397. The van der Waals surface area contributed by atoms with Crippen LogP contribution in [0.4, 0.5) is 0 Å². The molecule has 0 aliphatic carbocycles. The lowest BCUT2D eigenvalue weighted by molar-refractivity contribution is -0.139. The van der Waals surface area contributed by atoms with E-state index < -0.39 is 0 Å². The van der Waals surface area contributed by atoms with Crippen LogP contribution in [0.1, 0.15) is 43.7 Å². The molecule has 0 amide bonds. The second kappa shape index (κ2) is 8.52. The fourth-order valence-corrected chi connectivity index (χ4v) is 1.83. The number of benzene rings is 1. The standard InChI is InChI=1S/C17H24O2/c1-14(2)17(18)19-13-7-5-4-6-8-16-11-9-15(3)10-12-16/h9-12H,1,4-8,13H2,2-3H3. The second-order valence-electron chi connectivity index (χ2n) is 5.07. The van der Waals surface area contributed by atoms with Gasteiger partial charge in [0.05, 0.1) is 6.61 Å². The Morgan fingerprint density at radius 2 is 1.74 bits per heavy atom. The molecule has 0 N–H and O–H groups in total. The first kappa shape index (κ1) is 15.5. The molecule has 0 fully saturated rings. The Morgan fingerprint density at radius 1 is 1.11 bits per heavy atom. The van der Waals surface area contributed by atoms with E-state index in [0.29, 0.717) is 12.2 Å². The number of ether oxygens (including phenoxy) is 1. The Labute approximate surface area is 116 Å². The van der Waals surface area contributed by atoms with Crippen LogP contribution in [0.3, 0.4) is 0 Å². The van der Waals surface area contributed by atoms with Crippen molar-refractivity contribution in [2.24, 2.45) is 0 Å². The molecule has 0 heterocycles. The highest BCUT2D eigenvalue weighted by atomic mass is 16.5. The van der Waals surface area contributed by atoms with Gasteiger partial charge in [-0.3, -0.25) is 0 Å². The van der Waals surface area contributed by atoms with Crippen molar-refractivity contribution in [3.63, 3.8) is 0 Å². The van der Waals surface area contributed by atoms with Gasteiger partial charge in [-0.05, 0) is 38.7 Å². The van der Waals surface area contributed by atoms with E-state index in [1.54, 1.807) is 6.92 Å². The third-order valence-corrected chi connectivity index (χ3v) is 3.06. The fraction of sp³-hybridized carbons (Fsp3) is 0.471. The van der Waals surface area contributed by atoms with E-state index in [1.165, 1.54) is 24.0 Å². The molecule has 0 aliphatic heterocycles. The van der Waals surface area contributed by atoms with Crippen LogP contribution in [-0.2, 0) is 16.0 Å². The summed E-state index contributed by atoms with van der Waals surface area (Å²) in [5, 5.41) is 0. The number of aryl methyl sites for hydroxylation is 2. The lowest BCUT2D eigenvalue weighted by Gasteiger charge is -2.05. The molecule has 0 radical (unpaired) electrons. The van der Waals surface area contributed by atoms with E-state index in [4.69, 9.17) is 4.74 Å². The molecule has 2 heteroatoms. The Morgan fingerprint density at radius 3 is 2.37 bits per heavy atom. The highest BCUT2D eigenvalue weighted by Gasteiger charge is 2.01. The van der Waals surface area contributed by atoms with Crippen LogP contribution < -0.4 is 0 Å². The predicted molar refractivity (Wildman–Crippen MR) is 79.1 cm³/mol. The smallest absolute Gasteiger partial charge is 0.333 e. The van der Waals surface area contributed by atoms with Crippen LogP contribution >= 0.6 is 0 Å². The van der Waals surface area contributed by atoms with Gasteiger partial charge in [0, 0.05) is 5.57 Å². The van der Waals surface area contributed by atoms with E-state index >= 15 is 0 Å². The van der Waals surface area contributed by atoms with Crippen molar-refractivity contribution in [2.75, 3.05) is 6.61 Å². The maximum Gasteiger partial charge on any atom is 0.333 e. The summed E-state index contributed by atoms with van der Waals surface area (Å²) in [5.41, 5.74) is 3.18. The Hall–Kier alpha value is -1.57. The first-order valence-electron chi connectivity index (χ1n) is 6.98. The zero-order valence-corrected chi connectivity index (χ0v) is 12.1. The molecule has 0 aromatic heterocycles. The summed E-state index contributed by atoms with van der Waals surface area (Å²) >= 11 is 0. The summed E-state index contributed by atoms with van der Waals surface area (Å²) in [6.45, 7) is 7.84. The molecule has 0 bridgehead atoms. The SMILES string of the molecule is C=C(C)C(=O)OCCCCCCc1ccc(C)cc1. The molecule has 0 aliphatic rings. The van der Waals surface area contributed by atoms with Gasteiger partial charge in [0.25, 0.3) is 0 Å². The van der Waals surface area contributed by atoms with E-state index in [9.17, 15) is 4.79 Å². The highest BCUT2D eigenvalue weighted by molar-refractivity contribution is 5.86. The third-order valence-electron chi connectivity index (χ3n) is 3.06. The number of hydrogen-bond acceptors (Lipinski definition) is 2. The summed E-state index contributed by atoms with van der Waals surface area (Å²) < 4.78 is 5.04. The number of carbonyl (C=O) groups excluding carboxylic acids is 1. The highest BCUT2D eigenvalue weighted by Crippen LogP contribution is 2.09. The molecule has 0 atom stereocenters. The van der Waals surface area contributed by atoms with Crippen molar-refractivity contribution >= 4 is 5.97 Å². The van der Waals surface area contributed by atoms with E-state index in [2.05, 4.69) is 37.8 Å². The number of unbranched alkanes of at least 4 members (excludes halogenated alkanes) is 3. The van der Waals surface area contributed by atoms with Gasteiger partial charge in [-0.2, -0.15) is 0 Å². The summed E-state index contributed by atoms with van der Waals surface area (Å²) in [6, 6.07) is 8.72. The fourth-order valence-electron chi connectivity index (χ4n) is 1.83. The van der Waals surface area contributed by atoms with Gasteiger partial charge in [-0.1, -0.05) is 49.2 Å². The Kier molecular flexibility index (Phi) is 6.94. The molecule has 1 aromatic carbocycles. The molecule has 0 spiro atoms. The van der Waals surface area contributed by atoms with Gasteiger partial charge >= 0.3 is 5.97 Å². The molecule has 0 saturated heterocycles. The van der Waals surface area contributed by atoms with Crippen molar-refractivity contribution in [3.8, 4) is 0 Å². The molecule has 19 heavy (non-hydrogen) atoms. The number of hydrogen-bond donors (Lipinski definition) is 0. The number of carbonyl (C=O) groups is 1. The Balaban J connectivity index is 2.01. The van der Waals surface area contributed by atoms with Crippen LogP contribution in [0.25, 0.3) is 0 Å². The molecule has 2 nitrogen and oxygen atoms in total. The number of rotatable bonds is 8. The van der Waals surface area contributed by atoms with Crippen LogP contribution in [0.2, 0.25) is 0 Å². The lowest BCUT2D eigenvalue weighted by atomic mass is 10.1. The van der Waals surface area contributed by atoms with Gasteiger partial charge in [0.2, 0.25) is 0 Å². The summed E-state index contributed by atoms with van der Waals surface area (Å²) in [6.07, 6.45) is 5.55. The van der Waals surface area contributed by atoms with Gasteiger partial charge in [-0.15, -0.1) is 0 Å². The van der Waals surface area contributed by atoms with E-state index in [-0.39, 0.29) is 5.97 Å². The summed E-state index contributed by atoms with van der Waals surface area (Å²) in [7, 11) is 0. The summed E-state index contributed by atoms with van der Waals surface area (Å²) in [5.74, 6) is -0.278. The maximum atomic E-state index is 11.1. The van der Waals surface area contributed by atoms with Crippen LogP contribution in [0.5, 0.6) is 0 Å². The molecule has 1 aromatic rings. The second-order valence-corrected chi connectivity index (χ2v) is 5.07. The normalized spacial score (nSPS) is 10.2. The molecule has 104 valence electrons. The largest absolute Gasteiger partial charge is 0.462 e. The average molecular weight is 260 g/mol. The van der Waals surface area contributed by atoms with E-state index in [1.807, 2.05) is 0 Å². The Bertz CT molecular complexity index is 404. The van der Waals surface area contributed by atoms with Crippen molar-refractivity contribution in [2.45, 2.75) is 46.0 Å². The minimum atomic E-state index is -0.278. The lowest BCUT2D eigenvalue weighted by Crippen LogP contribution is -2.06. The average Bonchev–Trinajstić information content (AvgIpc) is 2.39. The minimum absolute atomic E-state index is 0.278. The molecule has 0 unspecified atom stereocenters. The van der Waals surface area contributed by atoms with Gasteiger partial charge in [0.15, 0.2) is 0 Å². The molecular weight excluding hydrogens is 236 g/mol. The first-order valence-corrected chi connectivity index (χ1v) is 6.98. The number of esters is 1. The maximum absolute atomic E-state index is 11.1. The van der Waals surface area contributed by atoms with Crippen molar-refractivity contribution < 1.29 is 9.53 Å². The topological polar surface area (TPSA) is 26.3 Å². The van der Waals surface area contributed by atoms with Crippen molar-refractivity contribution in [3.05, 3.63) is 47.5 Å². The third kappa shape index (κ3) is 6.80.